The third-order valence-electron chi connectivity index (χ3n) is 4.54. The van der Waals surface area contributed by atoms with Crippen molar-refractivity contribution >= 4 is 40.0 Å². The van der Waals surface area contributed by atoms with Crippen LogP contribution in [0.3, 0.4) is 0 Å². The zero-order valence-corrected chi connectivity index (χ0v) is 17.2. The van der Waals surface area contributed by atoms with Gasteiger partial charge in [0.1, 0.15) is 11.3 Å². The van der Waals surface area contributed by atoms with Gasteiger partial charge in [-0.2, -0.15) is 0 Å². The van der Waals surface area contributed by atoms with E-state index in [1.165, 1.54) is 6.07 Å². The molecule has 0 aliphatic carbocycles. The molecule has 0 radical (unpaired) electrons. The number of aromatic nitrogens is 1. The van der Waals surface area contributed by atoms with Gasteiger partial charge in [0.15, 0.2) is 10.7 Å². The Balaban J connectivity index is 1.54. The van der Waals surface area contributed by atoms with Gasteiger partial charge in [-0.3, -0.25) is 10.1 Å². The number of oxazole rings is 1. The van der Waals surface area contributed by atoms with E-state index < -0.39 is 0 Å². The van der Waals surface area contributed by atoms with E-state index in [0.29, 0.717) is 33.8 Å². The minimum atomic E-state index is -0.301. The van der Waals surface area contributed by atoms with Crippen LogP contribution in [0.5, 0.6) is 5.75 Å². The van der Waals surface area contributed by atoms with Crippen molar-refractivity contribution in [2.24, 2.45) is 0 Å². The fraction of sp³-hybridized carbons (Fsp3) is 0.0870. The van der Waals surface area contributed by atoms with Gasteiger partial charge in [0, 0.05) is 11.3 Å². The fourth-order valence-electron chi connectivity index (χ4n) is 3.06. The lowest BCUT2D eigenvalue weighted by Crippen LogP contribution is -2.34. The van der Waals surface area contributed by atoms with Crippen LogP contribution in [-0.2, 0) is 0 Å². The lowest BCUT2D eigenvalue weighted by atomic mass is 10.1. The quantitative estimate of drug-likeness (QED) is 0.323. The molecule has 0 saturated carbocycles. The highest BCUT2D eigenvalue weighted by Gasteiger charge is 2.14. The highest BCUT2D eigenvalue weighted by molar-refractivity contribution is 7.80. The molecular formula is C23H19N3O3S. The summed E-state index contributed by atoms with van der Waals surface area (Å²) < 4.78 is 5.81. The summed E-state index contributed by atoms with van der Waals surface area (Å²) in [4.78, 5) is 16.8. The number of benzene rings is 3. The monoisotopic (exact) mass is 417 g/mol. The molecule has 0 fully saturated rings. The van der Waals surface area contributed by atoms with Crippen LogP contribution in [0.1, 0.15) is 21.5 Å². The van der Waals surface area contributed by atoms with E-state index in [1.807, 2.05) is 44.2 Å². The molecule has 0 aliphatic rings. The molecule has 7 heteroatoms. The Hall–Kier alpha value is -3.71. The molecule has 0 spiro atoms. The average Bonchev–Trinajstić information content (AvgIpc) is 3.12. The number of thiocarbonyl (C=S) groups is 1. The smallest absolute Gasteiger partial charge is 0.257 e. The van der Waals surface area contributed by atoms with E-state index >= 15 is 0 Å². The SMILES string of the molecule is Cc1cccc(C(=O)NC(=S)Nc2ccc(O)c(-c3nc4ccc(C)cc4o3)c2)c1. The van der Waals surface area contributed by atoms with E-state index in [4.69, 9.17) is 16.6 Å². The first-order valence-electron chi connectivity index (χ1n) is 9.28. The largest absolute Gasteiger partial charge is 0.507 e. The molecule has 4 rings (SSSR count). The maximum Gasteiger partial charge on any atom is 0.257 e. The molecular weight excluding hydrogens is 398 g/mol. The summed E-state index contributed by atoms with van der Waals surface area (Å²) in [5.41, 5.74) is 4.90. The molecule has 1 aromatic heterocycles. The van der Waals surface area contributed by atoms with Crippen molar-refractivity contribution in [1.82, 2.24) is 10.3 Å². The Kier molecular flexibility index (Phi) is 5.20. The number of nitrogens with one attached hydrogen (secondary N) is 2. The van der Waals surface area contributed by atoms with Crippen molar-refractivity contribution in [3.05, 3.63) is 77.4 Å². The van der Waals surface area contributed by atoms with Crippen LogP contribution in [0.25, 0.3) is 22.6 Å². The predicted molar refractivity (Wildman–Crippen MR) is 121 cm³/mol. The summed E-state index contributed by atoms with van der Waals surface area (Å²) in [6.07, 6.45) is 0. The highest BCUT2D eigenvalue weighted by Crippen LogP contribution is 2.33. The molecule has 1 heterocycles. The zero-order valence-electron chi connectivity index (χ0n) is 16.4. The van der Waals surface area contributed by atoms with E-state index in [2.05, 4.69) is 15.6 Å². The summed E-state index contributed by atoms with van der Waals surface area (Å²) in [6, 6.07) is 17.8. The Bertz CT molecular complexity index is 1280. The number of aryl methyl sites for hydroxylation is 2. The Morgan fingerprint density at radius 1 is 1.03 bits per heavy atom. The van der Waals surface area contributed by atoms with Gasteiger partial charge in [-0.15, -0.1) is 0 Å². The third-order valence-corrected chi connectivity index (χ3v) is 4.74. The minimum absolute atomic E-state index is 0.0264. The van der Waals surface area contributed by atoms with Crippen molar-refractivity contribution in [3.63, 3.8) is 0 Å². The van der Waals surface area contributed by atoms with Crippen LogP contribution in [0.2, 0.25) is 0 Å². The number of aromatic hydroxyl groups is 1. The zero-order chi connectivity index (χ0) is 21.3. The van der Waals surface area contributed by atoms with Crippen molar-refractivity contribution in [1.29, 1.82) is 0 Å². The van der Waals surface area contributed by atoms with Gasteiger partial charge in [0.25, 0.3) is 5.91 Å². The first kappa shape index (κ1) is 19.6. The molecule has 0 aliphatic heterocycles. The van der Waals surface area contributed by atoms with Crippen molar-refractivity contribution in [2.75, 3.05) is 5.32 Å². The molecule has 3 N–H and O–H groups in total. The number of carbonyl (C=O) groups is 1. The first-order chi connectivity index (χ1) is 14.4. The minimum Gasteiger partial charge on any atom is -0.507 e. The normalized spacial score (nSPS) is 10.7. The fourth-order valence-corrected chi connectivity index (χ4v) is 3.27. The number of rotatable bonds is 3. The summed E-state index contributed by atoms with van der Waals surface area (Å²) in [5.74, 6) is 0.0227. The summed E-state index contributed by atoms with van der Waals surface area (Å²) >= 11 is 5.26. The maximum atomic E-state index is 12.4. The average molecular weight is 417 g/mol. The van der Waals surface area contributed by atoms with Gasteiger partial charge in [0.05, 0.1) is 5.56 Å². The molecule has 4 aromatic rings. The molecule has 30 heavy (non-hydrogen) atoms. The Labute approximate surface area is 178 Å². The van der Waals surface area contributed by atoms with Crippen LogP contribution in [0.15, 0.2) is 65.1 Å². The van der Waals surface area contributed by atoms with E-state index in [1.54, 1.807) is 24.3 Å². The molecule has 1 amide bonds. The number of anilines is 1. The standard InChI is InChI=1S/C23H19N3O3S/c1-13-4-3-5-15(10-13)21(28)26-23(30)24-16-7-9-19(27)17(12-16)22-25-18-8-6-14(2)11-20(18)29-22/h3-12,27H,1-2H3,(H2,24,26,28,30). The van der Waals surface area contributed by atoms with E-state index in [0.717, 1.165) is 11.1 Å². The lowest BCUT2D eigenvalue weighted by Gasteiger charge is -2.11. The summed E-state index contributed by atoms with van der Waals surface area (Å²) in [5, 5.41) is 16.0. The van der Waals surface area contributed by atoms with E-state index in [9.17, 15) is 9.90 Å². The van der Waals surface area contributed by atoms with Crippen LogP contribution >= 0.6 is 12.2 Å². The number of nitrogens with zero attached hydrogens (tertiary/aromatic N) is 1. The highest BCUT2D eigenvalue weighted by atomic mass is 32.1. The maximum absolute atomic E-state index is 12.4. The number of carbonyl (C=O) groups excluding carboxylic acids is 1. The number of fused-ring (bicyclic) bond motifs is 1. The molecule has 0 bridgehead atoms. The molecule has 0 atom stereocenters. The second kappa shape index (κ2) is 7.96. The van der Waals surface area contributed by atoms with Gasteiger partial charge in [-0.1, -0.05) is 23.8 Å². The predicted octanol–water partition coefficient (Wildman–Crippen LogP) is 4.94. The van der Waals surface area contributed by atoms with Crippen LogP contribution < -0.4 is 10.6 Å². The third kappa shape index (κ3) is 4.16. The van der Waals surface area contributed by atoms with Crippen LogP contribution in [0.4, 0.5) is 5.69 Å². The number of phenols is 1. The molecule has 6 nitrogen and oxygen atoms in total. The van der Waals surface area contributed by atoms with Crippen molar-refractivity contribution in [3.8, 4) is 17.2 Å². The van der Waals surface area contributed by atoms with Crippen molar-refractivity contribution in [2.45, 2.75) is 13.8 Å². The van der Waals surface area contributed by atoms with Gasteiger partial charge >= 0.3 is 0 Å². The summed E-state index contributed by atoms with van der Waals surface area (Å²) in [6.45, 7) is 3.88. The van der Waals surface area contributed by atoms with Crippen LogP contribution in [-0.4, -0.2) is 21.1 Å². The van der Waals surface area contributed by atoms with Crippen LogP contribution in [0, 0.1) is 13.8 Å². The first-order valence-corrected chi connectivity index (χ1v) is 9.69. The molecule has 150 valence electrons. The van der Waals surface area contributed by atoms with E-state index in [-0.39, 0.29) is 16.8 Å². The molecule has 0 saturated heterocycles. The number of hydrogen-bond acceptors (Lipinski definition) is 5. The number of hydrogen-bond donors (Lipinski definition) is 3. The Morgan fingerprint density at radius 3 is 2.63 bits per heavy atom. The van der Waals surface area contributed by atoms with Gasteiger partial charge < -0.3 is 14.8 Å². The molecule has 3 aromatic carbocycles. The molecule has 0 unspecified atom stereocenters. The topological polar surface area (TPSA) is 87.4 Å². The number of amides is 1. The lowest BCUT2D eigenvalue weighted by molar-refractivity contribution is 0.0977. The number of phenolic OH excluding ortho intramolecular Hbond substituents is 1. The van der Waals surface area contributed by atoms with Gasteiger partial charge in [-0.05, 0) is 74.1 Å². The van der Waals surface area contributed by atoms with Crippen molar-refractivity contribution < 1.29 is 14.3 Å². The Morgan fingerprint density at radius 2 is 1.83 bits per heavy atom. The second-order valence-corrected chi connectivity index (χ2v) is 7.41. The van der Waals surface area contributed by atoms with Gasteiger partial charge in [0.2, 0.25) is 5.89 Å². The van der Waals surface area contributed by atoms with Gasteiger partial charge in [-0.25, -0.2) is 4.98 Å². The summed E-state index contributed by atoms with van der Waals surface area (Å²) in [7, 11) is 0. The second-order valence-electron chi connectivity index (χ2n) is 7.00.